The highest BCUT2D eigenvalue weighted by Gasteiger charge is 2.14. The molecule has 0 N–H and O–H groups in total. The SMILES string of the molecule is Cc1cccc(C)c1CC(CCl)c1ccc(Br)cc1. The fourth-order valence-electron chi connectivity index (χ4n) is 2.41. The fourth-order valence-corrected chi connectivity index (χ4v) is 2.97. The minimum atomic E-state index is 0.370. The molecular formula is C17H18BrCl. The summed E-state index contributed by atoms with van der Waals surface area (Å²) in [6, 6.07) is 14.9. The molecule has 0 heterocycles. The summed E-state index contributed by atoms with van der Waals surface area (Å²) in [5, 5.41) is 0. The predicted molar refractivity (Wildman–Crippen MR) is 87.2 cm³/mol. The molecule has 0 aliphatic rings. The first-order valence-electron chi connectivity index (χ1n) is 6.48. The molecule has 0 aliphatic heterocycles. The van der Waals surface area contributed by atoms with E-state index in [4.69, 9.17) is 11.6 Å². The maximum Gasteiger partial charge on any atom is 0.0295 e. The van der Waals surface area contributed by atoms with E-state index in [-0.39, 0.29) is 0 Å². The van der Waals surface area contributed by atoms with Crippen LogP contribution >= 0.6 is 27.5 Å². The molecule has 0 nitrogen and oxygen atoms in total. The predicted octanol–water partition coefficient (Wildman–Crippen LogP) is 5.63. The molecule has 0 bridgehead atoms. The van der Waals surface area contributed by atoms with Gasteiger partial charge in [0.05, 0.1) is 0 Å². The van der Waals surface area contributed by atoms with Gasteiger partial charge >= 0.3 is 0 Å². The number of benzene rings is 2. The second kappa shape index (κ2) is 6.58. The molecule has 0 saturated heterocycles. The summed E-state index contributed by atoms with van der Waals surface area (Å²) in [6.45, 7) is 4.35. The summed E-state index contributed by atoms with van der Waals surface area (Å²) in [7, 11) is 0. The van der Waals surface area contributed by atoms with E-state index < -0.39 is 0 Å². The van der Waals surface area contributed by atoms with Crippen molar-refractivity contribution in [2.24, 2.45) is 0 Å². The Balaban J connectivity index is 2.26. The lowest BCUT2D eigenvalue weighted by Gasteiger charge is -2.18. The molecule has 1 unspecified atom stereocenters. The van der Waals surface area contributed by atoms with Gasteiger partial charge in [-0.05, 0) is 54.7 Å². The number of alkyl halides is 1. The van der Waals surface area contributed by atoms with E-state index in [9.17, 15) is 0 Å². The van der Waals surface area contributed by atoms with Gasteiger partial charge in [-0.3, -0.25) is 0 Å². The van der Waals surface area contributed by atoms with Crippen LogP contribution in [0, 0.1) is 13.8 Å². The molecule has 0 fully saturated rings. The first-order chi connectivity index (χ1) is 9.11. The third-order valence-corrected chi connectivity index (χ3v) is 4.52. The van der Waals surface area contributed by atoms with E-state index in [1.54, 1.807) is 0 Å². The molecular weight excluding hydrogens is 320 g/mol. The average Bonchev–Trinajstić information content (AvgIpc) is 2.40. The van der Waals surface area contributed by atoms with Crippen LogP contribution in [0.3, 0.4) is 0 Å². The second-order valence-corrected chi connectivity index (χ2v) is 6.20. The summed E-state index contributed by atoms with van der Waals surface area (Å²) < 4.78 is 1.11. The lowest BCUT2D eigenvalue weighted by molar-refractivity contribution is 0.758. The minimum absolute atomic E-state index is 0.370. The van der Waals surface area contributed by atoms with Crippen molar-refractivity contribution in [1.29, 1.82) is 0 Å². The van der Waals surface area contributed by atoms with Crippen LogP contribution in [0.2, 0.25) is 0 Å². The molecule has 1 atom stereocenters. The van der Waals surface area contributed by atoms with Gasteiger partial charge in [-0.1, -0.05) is 46.3 Å². The Morgan fingerprint density at radius 1 is 1.00 bits per heavy atom. The topological polar surface area (TPSA) is 0 Å². The Bertz CT molecular complexity index is 525. The van der Waals surface area contributed by atoms with Crippen molar-refractivity contribution in [1.82, 2.24) is 0 Å². The van der Waals surface area contributed by atoms with Gasteiger partial charge in [0.1, 0.15) is 0 Å². The van der Waals surface area contributed by atoms with Crippen molar-refractivity contribution in [3.63, 3.8) is 0 Å². The first kappa shape index (κ1) is 14.6. The van der Waals surface area contributed by atoms with Crippen molar-refractivity contribution in [3.8, 4) is 0 Å². The molecule has 19 heavy (non-hydrogen) atoms. The third-order valence-electron chi connectivity index (χ3n) is 3.62. The molecule has 2 rings (SSSR count). The maximum absolute atomic E-state index is 6.18. The van der Waals surface area contributed by atoms with Crippen LogP contribution in [0.4, 0.5) is 0 Å². The Kier molecular flexibility index (Phi) is 5.06. The van der Waals surface area contributed by atoms with Crippen molar-refractivity contribution in [2.45, 2.75) is 26.2 Å². The fraction of sp³-hybridized carbons (Fsp3) is 0.294. The van der Waals surface area contributed by atoms with E-state index in [0.717, 1.165) is 10.9 Å². The standard InChI is InChI=1S/C17H18BrCl/c1-12-4-3-5-13(2)17(12)10-15(11-19)14-6-8-16(18)9-7-14/h3-9,15H,10-11H2,1-2H3. The molecule has 2 aromatic carbocycles. The van der Waals surface area contributed by atoms with E-state index >= 15 is 0 Å². The van der Waals surface area contributed by atoms with E-state index in [0.29, 0.717) is 11.8 Å². The summed E-state index contributed by atoms with van der Waals surface area (Å²) in [5.74, 6) is 1.02. The summed E-state index contributed by atoms with van der Waals surface area (Å²) in [6.07, 6.45) is 1.00. The lowest BCUT2D eigenvalue weighted by Crippen LogP contribution is -2.07. The zero-order chi connectivity index (χ0) is 13.8. The van der Waals surface area contributed by atoms with Gasteiger partial charge in [0, 0.05) is 16.3 Å². The lowest BCUT2D eigenvalue weighted by atomic mass is 9.89. The van der Waals surface area contributed by atoms with Crippen LogP contribution < -0.4 is 0 Å². The Labute approximate surface area is 128 Å². The molecule has 0 aliphatic carbocycles. The Hall–Kier alpha value is -0.790. The third kappa shape index (κ3) is 3.61. The van der Waals surface area contributed by atoms with Gasteiger partial charge < -0.3 is 0 Å². The van der Waals surface area contributed by atoms with Crippen LogP contribution in [0.15, 0.2) is 46.9 Å². The Morgan fingerprint density at radius 2 is 1.58 bits per heavy atom. The summed E-state index contributed by atoms with van der Waals surface area (Å²) in [5.41, 5.74) is 5.44. The highest BCUT2D eigenvalue weighted by Crippen LogP contribution is 2.27. The number of halogens is 2. The monoisotopic (exact) mass is 336 g/mol. The van der Waals surface area contributed by atoms with E-state index in [1.807, 2.05) is 0 Å². The van der Waals surface area contributed by atoms with Gasteiger partial charge in [-0.2, -0.15) is 0 Å². The summed E-state index contributed by atoms with van der Waals surface area (Å²) >= 11 is 9.66. The average molecular weight is 338 g/mol. The number of rotatable bonds is 4. The number of hydrogen-bond acceptors (Lipinski definition) is 0. The molecule has 0 amide bonds. The zero-order valence-corrected chi connectivity index (χ0v) is 13.6. The number of aryl methyl sites for hydroxylation is 2. The van der Waals surface area contributed by atoms with Crippen LogP contribution in [-0.2, 0) is 6.42 Å². The van der Waals surface area contributed by atoms with Gasteiger partial charge in [0.15, 0.2) is 0 Å². The van der Waals surface area contributed by atoms with Crippen LogP contribution in [-0.4, -0.2) is 5.88 Å². The largest absolute Gasteiger partial charge is 0.126 e. The normalized spacial score (nSPS) is 12.4. The molecule has 2 aromatic rings. The smallest absolute Gasteiger partial charge is 0.0295 e. The molecule has 100 valence electrons. The zero-order valence-electron chi connectivity index (χ0n) is 11.3. The maximum atomic E-state index is 6.18. The van der Waals surface area contributed by atoms with Crippen molar-refractivity contribution in [3.05, 3.63) is 69.2 Å². The summed E-state index contributed by atoms with van der Waals surface area (Å²) in [4.78, 5) is 0. The minimum Gasteiger partial charge on any atom is -0.126 e. The van der Waals surface area contributed by atoms with E-state index in [1.165, 1.54) is 22.3 Å². The highest BCUT2D eigenvalue weighted by molar-refractivity contribution is 9.10. The van der Waals surface area contributed by atoms with Gasteiger partial charge in [-0.15, -0.1) is 11.6 Å². The van der Waals surface area contributed by atoms with Gasteiger partial charge in [0.2, 0.25) is 0 Å². The van der Waals surface area contributed by atoms with E-state index in [2.05, 4.69) is 72.2 Å². The first-order valence-corrected chi connectivity index (χ1v) is 7.81. The van der Waals surface area contributed by atoms with Gasteiger partial charge in [0.25, 0.3) is 0 Å². The molecule has 0 saturated carbocycles. The van der Waals surface area contributed by atoms with Crippen molar-refractivity contribution < 1.29 is 0 Å². The van der Waals surface area contributed by atoms with Crippen LogP contribution in [0.5, 0.6) is 0 Å². The van der Waals surface area contributed by atoms with Crippen molar-refractivity contribution >= 4 is 27.5 Å². The van der Waals surface area contributed by atoms with Crippen molar-refractivity contribution in [2.75, 3.05) is 5.88 Å². The number of hydrogen-bond donors (Lipinski definition) is 0. The highest BCUT2D eigenvalue weighted by atomic mass is 79.9. The molecule has 0 spiro atoms. The molecule has 0 aromatic heterocycles. The van der Waals surface area contributed by atoms with Crippen LogP contribution in [0.1, 0.15) is 28.2 Å². The second-order valence-electron chi connectivity index (χ2n) is 4.98. The Morgan fingerprint density at radius 3 is 2.11 bits per heavy atom. The van der Waals surface area contributed by atoms with Gasteiger partial charge in [-0.25, -0.2) is 0 Å². The van der Waals surface area contributed by atoms with Crippen LogP contribution in [0.25, 0.3) is 0 Å². The molecule has 0 radical (unpaired) electrons. The molecule has 2 heteroatoms. The quantitative estimate of drug-likeness (QED) is 0.634.